The number of hydrogen-bond donors (Lipinski definition) is 2. The fraction of sp³-hybridized carbons (Fsp3) is 0.118. The van der Waals surface area contributed by atoms with E-state index in [0.717, 1.165) is 7.11 Å². The van der Waals surface area contributed by atoms with Gasteiger partial charge < -0.3 is 24.6 Å². The van der Waals surface area contributed by atoms with Crippen molar-refractivity contribution in [2.75, 3.05) is 13.7 Å². The average molecular weight is 466 g/mol. The molecule has 0 aromatic heterocycles. The minimum atomic E-state index is -1.21. The van der Waals surface area contributed by atoms with Gasteiger partial charge in [0.25, 0.3) is 0 Å². The Labute approximate surface area is 170 Å². The summed E-state index contributed by atoms with van der Waals surface area (Å²) in [6.45, 7) is 5.84. The van der Waals surface area contributed by atoms with Gasteiger partial charge in [0.2, 0.25) is 0 Å². The van der Waals surface area contributed by atoms with Gasteiger partial charge in [0.1, 0.15) is 0 Å². The molecule has 3 rings (SSSR count). The molecule has 3 nitrogen and oxygen atoms in total. The molecule has 2 radical (unpaired) electrons. The van der Waals surface area contributed by atoms with Crippen LogP contribution in [0.3, 0.4) is 0 Å². The Morgan fingerprint density at radius 3 is 1.54 bits per heavy atom. The van der Waals surface area contributed by atoms with Gasteiger partial charge >= 0.3 is 31.5 Å². The Morgan fingerprint density at radius 2 is 1.25 bits per heavy atom. The molecule has 0 fully saturated rings. The van der Waals surface area contributed by atoms with Gasteiger partial charge in [-0.15, -0.1) is 64.6 Å². The fourth-order valence-electron chi connectivity index (χ4n) is 1.90. The van der Waals surface area contributed by atoms with E-state index >= 15 is 0 Å². The maximum atomic E-state index is 9.01. The summed E-state index contributed by atoms with van der Waals surface area (Å²) >= 11 is -1.21. The van der Waals surface area contributed by atoms with Crippen LogP contribution >= 0.6 is 24.8 Å². The average Bonchev–Trinajstić information content (AvgIpc) is 2.89. The van der Waals surface area contributed by atoms with Gasteiger partial charge in [-0.05, 0) is 0 Å². The zero-order valence-electron chi connectivity index (χ0n) is 13.7. The van der Waals surface area contributed by atoms with Gasteiger partial charge in [-0.1, -0.05) is 43.0 Å². The van der Waals surface area contributed by atoms with Crippen molar-refractivity contribution in [3.05, 3.63) is 68.9 Å². The molecule has 2 N–H and O–H groups in total. The standard InChI is InChI=1S/C13H9.C2H5O.CH4O.CH3.2ClH.O.Si.Zr/c1-3-7-12-10(5-1)9-11-6-2-4-8-13(11)12;1-2-3;1-2;;;;;;/h1-9H;3H,1-2H2;2H,1H3;1H3;2*1H;;;/q2*-1;;-1;;;;;. The van der Waals surface area contributed by atoms with Crippen molar-refractivity contribution in [2.45, 2.75) is 0 Å². The minimum Gasteiger partial charge on any atom is -0.126 e. The summed E-state index contributed by atoms with van der Waals surface area (Å²) in [6, 6.07) is 19.3. The van der Waals surface area contributed by atoms with Crippen LogP contribution in [-0.2, 0) is 24.7 Å². The van der Waals surface area contributed by atoms with Crippen LogP contribution in [0.15, 0.2) is 54.6 Å². The molecule has 24 heavy (non-hydrogen) atoms. The normalized spacial score (nSPS) is 7.33. The van der Waals surface area contributed by atoms with Crippen molar-refractivity contribution in [3.63, 3.8) is 0 Å². The molecule has 0 unspecified atom stereocenters. The van der Waals surface area contributed by atoms with E-state index in [1.165, 1.54) is 21.5 Å². The zero-order chi connectivity index (χ0) is 16.1. The molecule has 0 aliphatic carbocycles. The Morgan fingerprint density at radius 1 is 1.00 bits per heavy atom. The van der Waals surface area contributed by atoms with Crippen LogP contribution in [0.4, 0.5) is 0 Å². The summed E-state index contributed by atoms with van der Waals surface area (Å²) in [5.41, 5.74) is 0. The van der Waals surface area contributed by atoms with Crippen LogP contribution in [0.1, 0.15) is 0 Å². The zero-order valence-corrected chi connectivity index (χ0v) is 18.8. The second kappa shape index (κ2) is 20.8. The molecule has 0 bridgehead atoms. The Balaban J connectivity index is -0.000000160. The van der Waals surface area contributed by atoms with Crippen LogP contribution in [0, 0.1) is 14.4 Å². The summed E-state index contributed by atoms with van der Waals surface area (Å²) in [5, 5.41) is 19.9. The Hall–Kier alpha value is -0.290. The Bertz CT molecular complexity index is 633. The molecule has 0 saturated carbocycles. The predicted molar refractivity (Wildman–Crippen MR) is 105 cm³/mol. The number of benzene rings is 2. The van der Waals surface area contributed by atoms with Gasteiger partial charge in [-0.2, -0.15) is 0 Å². The van der Waals surface area contributed by atoms with Crippen LogP contribution in [0.2, 0.25) is 0 Å². The van der Waals surface area contributed by atoms with Crippen molar-refractivity contribution < 1.29 is 34.9 Å². The molecule has 0 aliphatic rings. The monoisotopic (exact) mass is 463 g/mol. The number of aliphatic hydroxyl groups excluding tert-OH is 2. The van der Waals surface area contributed by atoms with E-state index in [9.17, 15) is 0 Å². The number of rotatable bonds is 0. The largest absolute Gasteiger partial charge is 0.126 e. The van der Waals surface area contributed by atoms with Gasteiger partial charge in [0.15, 0.2) is 0 Å². The van der Waals surface area contributed by atoms with E-state index in [-0.39, 0.29) is 38.8 Å². The smallest absolute Gasteiger partial charge is 0.0771 e. The van der Waals surface area contributed by atoms with Crippen molar-refractivity contribution in [1.82, 2.24) is 0 Å². The molecule has 3 aromatic carbocycles. The summed E-state index contributed by atoms with van der Waals surface area (Å²) in [5.74, 6) is 0. The number of halogens is 2. The van der Waals surface area contributed by atoms with Crippen LogP contribution < -0.4 is 0 Å². The van der Waals surface area contributed by atoms with Gasteiger partial charge in [0, 0.05) is 7.11 Å². The van der Waals surface area contributed by atoms with E-state index in [4.69, 9.17) is 13.0 Å². The van der Waals surface area contributed by atoms with Crippen molar-refractivity contribution in [3.8, 4) is 0 Å². The second-order valence-corrected chi connectivity index (χ2v) is 5.35. The first-order valence-electron chi connectivity index (χ1n) is 6.20. The van der Waals surface area contributed by atoms with Crippen molar-refractivity contribution in [2.24, 2.45) is 0 Å². The molecule has 0 spiro atoms. The Kier molecular flexibility index (Phi) is 27.2. The maximum Gasteiger partial charge on any atom is -0.0771 e. The van der Waals surface area contributed by atoms with E-state index in [0.29, 0.717) is 0 Å². The van der Waals surface area contributed by atoms with Crippen molar-refractivity contribution >= 4 is 53.2 Å². The molecule has 0 atom stereocenters. The number of hydrogen-bond acceptors (Lipinski definition) is 3. The van der Waals surface area contributed by atoms with Gasteiger partial charge in [-0.3, -0.25) is 0 Å². The maximum absolute atomic E-state index is 9.01. The van der Waals surface area contributed by atoms with E-state index < -0.39 is 21.9 Å². The first-order valence-corrected chi connectivity index (χ1v) is 11.4. The molecule has 7 heteroatoms. The second-order valence-electron chi connectivity index (χ2n) is 3.64. The van der Waals surface area contributed by atoms with Crippen molar-refractivity contribution in [1.29, 1.82) is 0 Å². The third-order valence-electron chi connectivity index (χ3n) is 2.52. The quantitative estimate of drug-likeness (QED) is 0.391. The third kappa shape index (κ3) is 10.5. The number of aliphatic hydroxyl groups is 2. The summed E-state index contributed by atoms with van der Waals surface area (Å²) in [6.07, 6.45) is 0. The van der Waals surface area contributed by atoms with Crippen LogP contribution in [-0.4, -0.2) is 30.8 Å². The molecule has 0 heterocycles. The predicted octanol–water partition coefficient (Wildman–Crippen LogP) is 3.92. The first kappa shape index (κ1) is 31.5. The molecule has 134 valence electrons. The van der Waals surface area contributed by atoms with Crippen LogP contribution in [0.5, 0.6) is 0 Å². The molecule has 0 aliphatic heterocycles. The third-order valence-corrected chi connectivity index (χ3v) is 2.52. The summed E-state index contributed by atoms with van der Waals surface area (Å²) in [4.78, 5) is 0. The van der Waals surface area contributed by atoms with E-state index in [2.05, 4.69) is 68.4 Å². The summed E-state index contributed by atoms with van der Waals surface area (Å²) in [7, 11) is 1.00. The molecule has 0 saturated heterocycles. The van der Waals surface area contributed by atoms with E-state index in [1.54, 1.807) is 0 Å². The molecule has 0 amide bonds. The van der Waals surface area contributed by atoms with E-state index in [1.807, 2.05) is 0 Å². The molecular weight excluding hydrogens is 442 g/mol. The number of fused-ring (bicyclic) bond motifs is 3. The molecular formula is C17H23Cl2O3SiZr-3. The fourth-order valence-corrected chi connectivity index (χ4v) is 1.90. The molecule has 3 aromatic rings. The summed E-state index contributed by atoms with van der Waals surface area (Å²) < 4.78 is 9.01. The van der Waals surface area contributed by atoms with Crippen LogP contribution in [0.25, 0.3) is 21.5 Å². The SMILES string of the molecule is CO.Cl.Cl.[CH2-]CO.[CH3-].[O]=[Zr]=[Si].c1ccc2c(c1)[cH-]c1ccccc12. The van der Waals surface area contributed by atoms with Gasteiger partial charge in [0.05, 0.1) is 0 Å². The topological polar surface area (TPSA) is 57.5 Å². The van der Waals surface area contributed by atoms with Gasteiger partial charge in [-0.25, -0.2) is 0 Å². The minimum absolute atomic E-state index is 0. The first-order chi connectivity index (χ1) is 10.3.